The largest absolute Gasteiger partial charge is 0.497 e. The number of likely N-dealkylation sites (tertiary alicyclic amines) is 1. The van der Waals surface area contributed by atoms with E-state index >= 15 is 0 Å². The van der Waals surface area contributed by atoms with Crippen LogP contribution in [0.2, 0.25) is 0 Å². The number of carbonyl (C=O) groups excluding carboxylic acids is 1. The van der Waals surface area contributed by atoms with Gasteiger partial charge in [-0.1, -0.05) is 44.2 Å². The number of para-hydroxylation sites is 1. The number of fused-ring (bicyclic) bond motifs is 2. The number of amides is 1. The molecule has 0 N–H and O–H groups in total. The van der Waals surface area contributed by atoms with E-state index in [0.29, 0.717) is 5.92 Å². The maximum Gasteiger partial charge on any atom is 0.239 e. The molecule has 0 bridgehead atoms. The van der Waals surface area contributed by atoms with Crippen molar-refractivity contribution in [2.75, 3.05) is 31.6 Å². The maximum absolute atomic E-state index is 13.5. The number of hydrogen-bond acceptors (Lipinski definition) is 3. The van der Waals surface area contributed by atoms with Crippen LogP contribution in [0.25, 0.3) is 0 Å². The predicted octanol–water partition coefficient (Wildman–Crippen LogP) is 3.84. The van der Waals surface area contributed by atoms with E-state index < -0.39 is 0 Å². The van der Waals surface area contributed by atoms with E-state index in [1.54, 1.807) is 7.11 Å². The van der Waals surface area contributed by atoms with Crippen molar-refractivity contribution < 1.29 is 9.53 Å². The molecule has 1 fully saturated rings. The standard InChI is InChI=1S/C23H28N2O2/c1-17(2)14-25-21-7-5-4-6-20(21)23(22(25)26)12-13-24(16-23)15-18-8-10-19(27-3)11-9-18/h4-11,17H,12-16H2,1-3H3/t23-/m1/s1. The molecule has 1 amide bonds. The number of benzene rings is 2. The number of ether oxygens (including phenoxy) is 1. The van der Waals surface area contributed by atoms with Crippen molar-refractivity contribution in [1.29, 1.82) is 0 Å². The summed E-state index contributed by atoms with van der Waals surface area (Å²) in [6.07, 6.45) is 0.896. The van der Waals surface area contributed by atoms with E-state index in [9.17, 15) is 4.79 Å². The van der Waals surface area contributed by atoms with Crippen LogP contribution in [0.5, 0.6) is 5.75 Å². The average molecular weight is 364 g/mol. The van der Waals surface area contributed by atoms with Gasteiger partial charge >= 0.3 is 0 Å². The summed E-state index contributed by atoms with van der Waals surface area (Å²) in [6.45, 7) is 7.74. The second-order valence-corrected chi connectivity index (χ2v) is 8.22. The average Bonchev–Trinajstić information content (AvgIpc) is 3.19. The summed E-state index contributed by atoms with van der Waals surface area (Å²) in [5.41, 5.74) is 3.21. The SMILES string of the molecule is COc1ccc(CN2CC[C@]3(C2)C(=O)N(CC(C)C)c2ccccc23)cc1. The molecule has 1 atom stereocenters. The highest BCUT2D eigenvalue weighted by molar-refractivity contribution is 6.08. The Morgan fingerprint density at radius 3 is 2.56 bits per heavy atom. The predicted molar refractivity (Wildman–Crippen MR) is 108 cm³/mol. The second kappa shape index (κ2) is 7.01. The Hall–Kier alpha value is -2.33. The van der Waals surface area contributed by atoms with E-state index in [1.165, 1.54) is 11.1 Å². The molecular formula is C23H28N2O2. The molecule has 0 aliphatic carbocycles. The Morgan fingerprint density at radius 1 is 1.11 bits per heavy atom. The summed E-state index contributed by atoms with van der Waals surface area (Å²) in [6, 6.07) is 16.6. The molecule has 2 aromatic carbocycles. The number of hydrogen-bond donors (Lipinski definition) is 0. The van der Waals surface area contributed by atoms with Crippen molar-refractivity contribution in [2.24, 2.45) is 5.92 Å². The van der Waals surface area contributed by atoms with Gasteiger partial charge in [0, 0.05) is 25.3 Å². The van der Waals surface area contributed by atoms with Gasteiger partial charge < -0.3 is 9.64 Å². The Kier molecular flexibility index (Phi) is 4.68. The van der Waals surface area contributed by atoms with Gasteiger partial charge in [-0.25, -0.2) is 0 Å². The van der Waals surface area contributed by atoms with Gasteiger partial charge in [0.15, 0.2) is 0 Å². The number of methoxy groups -OCH3 is 1. The highest BCUT2D eigenvalue weighted by Gasteiger charge is 2.54. The van der Waals surface area contributed by atoms with Crippen LogP contribution >= 0.6 is 0 Å². The molecule has 1 spiro atoms. The summed E-state index contributed by atoms with van der Waals surface area (Å²) in [5.74, 6) is 1.62. The lowest BCUT2D eigenvalue weighted by molar-refractivity contribution is -0.122. The first-order chi connectivity index (χ1) is 13.0. The molecule has 4 nitrogen and oxygen atoms in total. The van der Waals surface area contributed by atoms with E-state index in [4.69, 9.17) is 4.74 Å². The highest BCUT2D eigenvalue weighted by Crippen LogP contribution is 2.47. The Bertz CT molecular complexity index is 831. The van der Waals surface area contributed by atoms with Gasteiger partial charge in [0.1, 0.15) is 5.75 Å². The molecule has 27 heavy (non-hydrogen) atoms. The topological polar surface area (TPSA) is 32.8 Å². The molecular weight excluding hydrogens is 336 g/mol. The van der Waals surface area contributed by atoms with Gasteiger partial charge in [-0.15, -0.1) is 0 Å². The van der Waals surface area contributed by atoms with Crippen LogP contribution in [0.4, 0.5) is 5.69 Å². The number of nitrogens with zero attached hydrogens (tertiary/aromatic N) is 2. The molecule has 2 aliphatic heterocycles. The molecule has 0 aromatic heterocycles. The van der Waals surface area contributed by atoms with Gasteiger partial charge in [0.25, 0.3) is 0 Å². The van der Waals surface area contributed by atoms with Crippen LogP contribution in [0, 0.1) is 5.92 Å². The monoisotopic (exact) mass is 364 g/mol. The third-order valence-electron chi connectivity index (χ3n) is 5.83. The quantitative estimate of drug-likeness (QED) is 0.808. The molecule has 0 saturated carbocycles. The number of carbonyl (C=O) groups is 1. The third kappa shape index (κ3) is 3.12. The van der Waals surface area contributed by atoms with Crippen LogP contribution in [0.3, 0.4) is 0 Å². The van der Waals surface area contributed by atoms with Crippen LogP contribution in [0.1, 0.15) is 31.4 Å². The lowest BCUT2D eigenvalue weighted by atomic mass is 9.81. The highest BCUT2D eigenvalue weighted by atomic mass is 16.5. The van der Waals surface area contributed by atoms with Gasteiger partial charge in [-0.05, 0) is 48.2 Å². The first-order valence-electron chi connectivity index (χ1n) is 9.80. The van der Waals surface area contributed by atoms with E-state index in [-0.39, 0.29) is 11.3 Å². The molecule has 4 rings (SSSR count). The Labute approximate surface area is 161 Å². The zero-order chi connectivity index (χ0) is 19.0. The summed E-state index contributed by atoms with van der Waals surface area (Å²) in [4.78, 5) is 17.9. The number of anilines is 1. The fourth-order valence-corrected chi connectivity index (χ4v) is 4.55. The fraction of sp³-hybridized carbons (Fsp3) is 0.435. The molecule has 0 unspecified atom stereocenters. The first kappa shape index (κ1) is 18.1. The summed E-state index contributed by atoms with van der Waals surface area (Å²) < 4.78 is 5.25. The minimum absolute atomic E-state index is 0.287. The van der Waals surface area contributed by atoms with Crippen molar-refractivity contribution >= 4 is 11.6 Å². The first-order valence-corrected chi connectivity index (χ1v) is 9.80. The molecule has 2 aliphatic rings. The van der Waals surface area contributed by atoms with E-state index in [2.05, 4.69) is 49.1 Å². The van der Waals surface area contributed by atoms with Crippen LogP contribution < -0.4 is 9.64 Å². The van der Waals surface area contributed by atoms with E-state index in [1.807, 2.05) is 23.1 Å². The Morgan fingerprint density at radius 2 is 1.85 bits per heavy atom. The number of rotatable bonds is 5. The normalized spacial score (nSPS) is 22.1. The van der Waals surface area contributed by atoms with Gasteiger partial charge in [-0.2, -0.15) is 0 Å². The molecule has 4 heteroatoms. The van der Waals surface area contributed by atoms with E-state index in [0.717, 1.165) is 44.0 Å². The molecule has 2 aromatic rings. The smallest absolute Gasteiger partial charge is 0.239 e. The van der Waals surface area contributed by atoms with Gasteiger partial charge in [-0.3, -0.25) is 9.69 Å². The van der Waals surface area contributed by atoms with Crippen LogP contribution in [-0.2, 0) is 16.8 Å². The minimum Gasteiger partial charge on any atom is -0.497 e. The molecule has 142 valence electrons. The fourth-order valence-electron chi connectivity index (χ4n) is 4.55. The van der Waals surface area contributed by atoms with Crippen molar-refractivity contribution in [1.82, 2.24) is 4.90 Å². The molecule has 0 radical (unpaired) electrons. The van der Waals surface area contributed by atoms with Gasteiger partial charge in [0.2, 0.25) is 5.91 Å². The van der Waals surface area contributed by atoms with Crippen molar-refractivity contribution in [3.63, 3.8) is 0 Å². The lowest BCUT2D eigenvalue weighted by Gasteiger charge is -2.25. The van der Waals surface area contributed by atoms with Crippen molar-refractivity contribution in [3.8, 4) is 5.75 Å². The molecule has 2 heterocycles. The Balaban J connectivity index is 1.57. The minimum atomic E-state index is -0.377. The van der Waals surface area contributed by atoms with Crippen LogP contribution in [0.15, 0.2) is 48.5 Å². The van der Waals surface area contributed by atoms with Crippen molar-refractivity contribution in [2.45, 2.75) is 32.2 Å². The summed E-state index contributed by atoms with van der Waals surface area (Å²) in [5, 5.41) is 0. The van der Waals surface area contributed by atoms with Crippen molar-refractivity contribution in [3.05, 3.63) is 59.7 Å². The second-order valence-electron chi connectivity index (χ2n) is 8.22. The van der Waals surface area contributed by atoms with Crippen LogP contribution in [-0.4, -0.2) is 37.6 Å². The maximum atomic E-state index is 13.5. The van der Waals surface area contributed by atoms with Gasteiger partial charge in [0.05, 0.1) is 12.5 Å². The zero-order valence-electron chi connectivity index (χ0n) is 16.4. The third-order valence-corrected chi connectivity index (χ3v) is 5.83. The summed E-state index contributed by atoms with van der Waals surface area (Å²) in [7, 11) is 1.69. The zero-order valence-corrected chi connectivity index (χ0v) is 16.4. The lowest BCUT2D eigenvalue weighted by Crippen LogP contribution is -2.43. The molecule has 1 saturated heterocycles. The summed E-state index contributed by atoms with van der Waals surface area (Å²) >= 11 is 0.